The molecule has 0 aliphatic heterocycles. The number of hydrogen-bond donors (Lipinski definition) is 0. The Bertz CT molecular complexity index is 471. The quantitative estimate of drug-likeness (QED) is 0.793. The van der Waals surface area contributed by atoms with Crippen LogP contribution in [0.4, 0.5) is 0 Å². The second-order valence-corrected chi connectivity index (χ2v) is 4.37. The van der Waals surface area contributed by atoms with Crippen molar-refractivity contribution in [2.45, 2.75) is 19.8 Å². The van der Waals surface area contributed by atoms with Crippen LogP contribution in [0, 0.1) is 0 Å². The van der Waals surface area contributed by atoms with Crippen LogP contribution >= 0.6 is 0 Å². The Morgan fingerprint density at radius 3 is 2.06 bits per heavy atom. The summed E-state index contributed by atoms with van der Waals surface area (Å²) >= 11 is 0. The van der Waals surface area contributed by atoms with Gasteiger partial charge in [0.2, 0.25) is 5.88 Å². The number of pyridine rings is 1. The molecule has 1 heterocycles. The summed E-state index contributed by atoms with van der Waals surface area (Å²) in [7, 11) is 1.62. The zero-order valence-corrected chi connectivity index (χ0v) is 10.5. The summed E-state index contributed by atoms with van der Waals surface area (Å²) in [5.74, 6) is 1.21. The van der Waals surface area contributed by atoms with Crippen molar-refractivity contribution in [2.75, 3.05) is 7.11 Å². The third kappa shape index (κ3) is 2.64. The van der Waals surface area contributed by atoms with Crippen LogP contribution in [-0.4, -0.2) is 12.1 Å². The summed E-state index contributed by atoms with van der Waals surface area (Å²) in [6.07, 6.45) is 1.84. The normalized spacial score (nSPS) is 10.6. The molecule has 0 bridgehead atoms. The predicted octanol–water partition coefficient (Wildman–Crippen LogP) is 3.88. The highest BCUT2D eigenvalue weighted by molar-refractivity contribution is 5.63. The summed E-state index contributed by atoms with van der Waals surface area (Å²) in [5, 5.41) is 0. The van der Waals surface area contributed by atoms with Crippen LogP contribution in [0.15, 0.2) is 42.6 Å². The number of hydrogen-bond acceptors (Lipinski definition) is 2. The summed E-state index contributed by atoms with van der Waals surface area (Å²) in [6.45, 7) is 4.40. The van der Waals surface area contributed by atoms with Gasteiger partial charge in [-0.3, -0.25) is 0 Å². The van der Waals surface area contributed by atoms with E-state index in [9.17, 15) is 0 Å². The van der Waals surface area contributed by atoms with Crippen LogP contribution < -0.4 is 4.74 Å². The number of ether oxygens (including phenoxy) is 1. The summed E-state index contributed by atoms with van der Waals surface area (Å²) < 4.78 is 5.04. The molecule has 17 heavy (non-hydrogen) atoms. The van der Waals surface area contributed by atoms with Gasteiger partial charge in [0.1, 0.15) is 0 Å². The highest BCUT2D eigenvalue weighted by Crippen LogP contribution is 2.23. The van der Waals surface area contributed by atoms with Gasteiger partial charge >= 0.3 is 0 Å². The number of benzene rings is 1. The minimum atomic E-state index is 0.568. The molecule has 0 spiro atoms. The molecule has 2 rings (SSSR count). The maximum absolute atomic E-state index is 5.04. The van der Waals surface area contributed by atoms with E-state index in [0.29, 0.717) is 11.8 Å². The van der Waals surface area contributed by atoms with Crippen LogP contribution in [0.3, 0.4) is 0 Å². The third-order valence-electron chi connectivity index (χ3n) is 2.86. The lowest BCUT2D eigenvalue weighted by Crippen LogP contribution is -1.89. The molecule has 2 aromatic rings. The first-order chi connectivity index (χ1) is 8.20. The van der Waals surface area contributed by atoms with Gasteiger partial charge in [-0.15, -0.1) is 0 Å². The minimum absolute atomic E-state index is 0.568. The SMILES string of the molecule is COc1ccc(-c2ccc(C(C)C)cc2)cn1. The van der Waals surface area contributed by atoms with E-state index < -0.39 is 0 Å². The molecule has 1 aromatic heterocycles. The van der Waals surface area contributed by atoms with Gasteiger partial charge in [0.25, 0.3) is 0 Å². The van der Waals surface area contributed by atoms with Crippen molar-refractivity contribution in [2.24, 2.45) is 0 Å². The molecule has 0 fully saturated rings. The molecule has 0 atom stereocenters. The lowest BCUT2D eigenvalue weighted by Gasteiger charge is -2.07. The summed E-state index contributed by atoms with van der Waals surface area (Å²) in [6, 6.07) is 12.5. The van der Waals surface area contributed by atoms with Crippen molar-refractivity contribution in [3.05, 3.63) is 48.2 Å². The molecule has 0 aliphatic carbocycles. The van der Waals surface area contributed by atoms with Crippen molar-refractivity contribution < 1.29 is 4.74 Å². The molecule has 0 radical (unpaired) electrons. The van der Waals surface area contributed by atoms with Gasteiger partial charge in [0, 0.05) is 17.8 Å². The molecule has 0 saturated heterocycles. The van der Waals surface area contributed by atoms with Crippen LogP contribution in [0.2, 0.25) is 0 Å². The van der Waals surface area contributed by atoms with Gasteiger partial charge in [0.15, 0.2) is 0 Å². The third-order valence-corrected chi connectivity index (χ3v) is 2.86. The molecule has 2 heteroatoms. The van der Waals surface area contributed by atoms with Gasteiger partial charge in [-0.2, -0.15) is 0 Å². The smallest absolute Gasteiger partial charge is 0.212 e. The molecule has 0 N–H and O–H groups in total. The second kappa shape index (κ2) is 5.00. The Morgan fingerprint density at radius 1 is 0.941 bits per heavy atom. The highest BCUT2D eigenvalue weighted by atomic mass is 16.5. The number of methoxy groups -OCH3 is 1. The monoisotopic (exact) mass is 227 g/mol. The molecular weight excluding hydrogens is 210 g/mol. The molecular formula is C15H17NO. The average Bonchev–Trinajstić information content (AvgIpc) is 2.39. The Labute approximate surface area is 102 Å². The fraction of sp³-hybridized carbons (Fsp3) is 0.267. The zero-order valence-electron chi connectivity index (χ0n) is 10.5. The maximum Gasteiger partial charge on any atom is 0.212 e. The first-order valence-corrected chi connectivity index (χ1v) is 5.81. The van der Waals surface area contributed by atoms with Gasteiger partial charge in [0.05, 0.1) is 7.11 Å². The first-order valence-electron chi connectivity index (χ1n) is 5.81. The Kier molecular flexibility index (Phi) is 3.43. The van der Waals surface area contributed by atoms with Crippen molar-refractivity contribution in [3.8, 4) is 17.0 Å². The Hall–Kier alpha value is -1.83. The average molecular weight is 227 g/mol. The molecule has 0 unspecified atom stereocenters. The van der Waals surface area contributed by atoms with Crippen LogP contribution in [0.25, 0.3) is 11.1 Å². The maximum atomic E-state index is 5.04. The van der Waals surface area contributed by atoms with E-state index >= 15 is 0 Å². The standard InChI is InChI=1S/C15H17NO/c1-11(2)12-4-6-13(7-5-12)14-8-9-15(17-3)16-10-14/h4-11H,1-3H3. The zero-order chi connectivity index (χ0) is 12.3. The van der Waals surface area contributed by atoms with Crippen molar-refractivity contribution in [3.63, 3.8) is 0 Å². The fourth-order valence-corrected chi connectivity index (χ4v) is 1.73. The van der Waals surface area contributed by atoms with Gasteiger partial charge < -0.3 is 4.74 Å². The van der Waals surface area contributed by atoms with E-state index in [1.165, 1.54) is 11.1 Å². The van der Waals surface area contributed by atoms with Gasteiger partial charge in [-0.25, -0.2) is 4.98 Å². The molecule has 0 saturated carbocycles. The van der Waals surface area contributed by atoms with E-state index in [4.69, 9.17) is 4.74 Å². The van der Waals surface area contributed by atoms with Gasteiger partial charge in [-0.05, 0) is 23.1 Å². The van der Waals surface area contributed by atoms with E-state index in [0.717, 1.165) is 5.56 Å². The summed E-state index contributed by atoms with van der Waals surface area (Å²) in [5.41, 5.74) is 3.65. The Balaban J connectivity index is 2.26. The van der Waals surface area contributed by atoms with E-state index in [1.807, 2.05) is 18.3 Å². The topological polar surface area (TPSA) is 22.1 Å². The molecule has 2 nitrogen and oxygen atoms in total. The molecule has 0 amide bonds. The van der Waals surface area contributed by atoms with Crippen molar-refractivity contribution in [1.82, 2.24) is 4.98 Å². The van der Waals surface area contributed by atoms with E-state index in [1.54, 1.807) is 7.11 Å². The lowest BCUT2D eigenvalue weighted by atomic mass is 10.00. The van der Waals surface area contributed by atoms with Gasteiger partial charge in [-0.1, -0.05) is 38.1 Å². The second-order valence-electron chi connectivity index (χ2n) is 4.37. The van der Waals surface area contributed by atoms with Crippen LogP contribution in [-0.2, 0) is 0 Å². The van der Waals surface area contributed by atoms with Crippen molar-refractivity contribution in [1.29, 1.82) is 0 Å². The Morgan fingerprint density at radius 2 is 1.59 bits per heavy atom. The van der Waals surface area contributed by atoms with Crippen LogP contribution in [0.5, 0.6) is 5.88 Å². The number of aromatic nitrogens is 1. The largest absolute Gasteiger partial charge is 0.481 e. The van der Waals surface area contributed by atoms with E-state index in [2.05, 4.69) is 43.1 Å². The van der Waals surface area contributed by atoms with E-state index in [-0.39, 0.29) is 0 Å². The lowest BCUT2D eigenvalue weighted by molar-refractivity contribution is 0.398. The predicted molar refractivity (Wildman–Crippen MR) is 70.3 cm³/mol. The fourth-order valence-electron chi connectivity index (χ4n) is 1.73. The van der Waals surface area contributed by atoms with Crippen LogP contribution in [0.1, 0.15) is 25.3 Å². The first kappa shape index (κ1) is 11.6. The number of nitrogens with zero attached hydrogens (tertiary/aromatic N) is 1. The van der Waals surface area contributed by atoms with Crippen molar-refractivity contribution >= 4 is 0 Å². The molecule has 0 aliphatic rings. The molecule has 88 valence electrons. The summed E-state index contributed by atoms with van der Waals surface area (Å²) in [4.78, 5) is 4.21. The molecule has 1 aromatic carbocycles. The highest BCUT2D eigenvalue weighted by Gasteiger charge is 2.01. The minimum Gasteiger partial charge on any atom is -0.481 e. The number of rotatable bonds is 3.